The molecule has 0 amide bonds. The fourth-order valence-electron chi connectivity index (χ4n) is 1.25. The largest absolute Gasteiger partial charge is 0.490 e. The van der Waals surface area contributed by atoms with Gasteiger partial charge in [0.25, 0.3) is 0 Å². The first-order valence-electron chi connectivity index (χ1n) is 4.63. The topological polar surface area (TPSA) is 46.5 Å². The van der Waals surface area contributed by atoms with Gasteiger partial charge in [0.2, 0.25) is 0 Å². The third kappa shape index (κ3) is 3.80. The molecule has 0 aromatic heterocycles. The van der Waals surface area contributed by atoms with Gasteiger partial charge in [-0.3, -0.25) is 4.79 Å². The number of carboxylic acid groups (broad SMARTS) is 1. The number of halogens is 1. The molecule has 0 aliphatic heterocycles. The van der Waals surface area contributed by atoms with Gasteiger partial charge in [-0.2, -0.15) is 0 Å². The molecule has 0 fully saturated rings. The van der Waals surface area contributed by atoms with Gasteiger partial charge in [0.1, 0.15) is 11.9 Å². The molecule has 82 valence electrons. The summed E-state index contributed by atoms with van der Waals surface area (Å²) in [5.41, 5.74) is 0.903. The molecule has 0 radical (unpaired) electrons. The molecule has 3 nitrogen and oxygen atoms in total. The van der Waals surface area contributed by atoms with Crippen LogP contribution in [0.4, 0.5) is 0 Å². The van der Waals surface area contributed by atoms with Gasteiger partial charge in [-0.1, -0.05) is 11.6 Å². The van der Waals surface area contributed by atoms with E-state index in [0.29, 0.717) is 10.8 Å². The lowest BCUT2D eigenvalue weighted by Crippen LogP contribution is -2.17. The molecular formula is C11H13ClO3. The van der Waals surface area contributed by atoms with E-state index >= 15 is 0 Å². The number of aryl methyl sites for hydroxylation is 1. The van der Waals surface area contributed by atoms with Crippen LogP contribution in [0.15, 0.2) is 18.2 Å². The summed E-state index contributed by atoms with van der Waals surface area (Å²) in [6.45, 7) is 3.59. The monoisotopic (exact) mass is 228 g/mol. The molecule has 0 saturated heterocycles. The van der Waals surface area contributed by atoms with Gasteiger partial charge in [-0.25, -0.2) is 0 Å². The number of hydrogen-bond acceptors (Lipinski definition) is 2. The Kier molecular flexibility index (Phi) is 3.97. The van der Waals surface area contributed by atoms with E-state index in [2.05, 4.69) is 0 Å². The fraction of sp³-hybridized carbons (Fsp3) is 0.364. The number of benzene rings is 1. The van der Waals surface area contributed by atoms with Crippen molar-refractivity contribution in [3.8, 4) is 5.75 Å². The Morgan fingerprint density at radius 3 is 2.80 bits per heavy atom. The van der Waals surface area contributed by atoms with E-state index < -0.39 is 5.97 Å². The summed E-state index contributed by atoms with van der Waals surface area (Å²) < 4.78 is 5.47. The maximum absolute atomic E-state index is 10.4. The number of ether oxygens (including phenoxy) is 1. The maximum Gasteiger partial charge on any atom is 0.307 e. The summed E-state index contributed by atoms with van der Waals surface area (Å²) in [6, 6.07) is 5.25. The number of hydrogen-bond donors (Lipinski definition) is 1. The lowest BCUT2D eigenvalue weighted by Gasteiger charge is -2.14. The van der Waals surface area contributed by atoms with Crippen molar-refractivity contribution in [1.82, 2.24) is 0 Å². The van der Waals surface area contributed by atoms with E-state index in [1.54, 1.807) is 25.1 Å². The molecule has 1 aromatic carbocycles. The highest BCUT2D eigenvalue weighted by atomic mass is 35.5. The second kappa shape index (κ2) is 5.03. The Balaban J connectivity index is 2.68. The van der Waals surface area contributed by atoms with Crippen molar-refractivity contribution in [2.24, 2.45) is 0 Å². The Hall–Kier alpha value is -1.22. The van der Waals surface area contributed by atoms with Crippen LogP contribution in [0.25, 0.3) is 0 Å². The summed E-state index contributed by atoms with van der Waals surface area (Å²) in [7, 11) is 0. The molecular weight excluding hydrogens is 216 g/mol. The third-order valence-electron chi connectivity index (χ3n) is 1.93. The maximum atomic E-state index is 10.4. The predicted octanol–water partition coefficient (Wildman–Crippen LogP) is 2.89. The van der Waals surface area contributed by atoms with Gasteiger partial charge in [0.05, 0.1) is 6.42 Å². The van der Waals surface area contributed by atoms with Gasteiger partial charge in [0.15, 0.2) is 0 Å². The van der Waals surface area contributed by atoms with Crippen LogP contribution < -0.4 is 4.74 Å². The average molecular weight is 229 g/mol. The number of carbonyl (C=O) groups is 1. The zero-order valence-corrected chi connectivity index (χ0v) is 9.41. The minimum absolute atomic E-state index is 0.0118. The Morgan fingerprint density at radius 2 is 2.27 bits per heavy atom. The first-order valence-corrected chi connectivity index (χ1v) is 5.01. The molecule has 0 aliphatic carbocycles. The fourth-order valence-corrected chi connectivity index (χ4v) is 1.48. The zero-order valence-electron chi connectivity index (χ0n) is 8.66. The van der Waals surface area contributed by atoms with Gasteiger partial charge in [-0.15, -0.1) is 0 Å². The summed E-state index contributed by atoms with van der Waals surface area (Å²) in [4.78, 5) is 10.4. The second-order valence-electron chi connectivity index (χ2n) is 3.44. The SMILES string of the molecule is Cc1cc(Cl)ccc1O[C@@H](C)CC(=O)O. The minimum atomic E-state index is -0.867. The molecule has 0 spiro atoms. The summed E-state index contributed by atoms with van der Waals surface area (Å²) >= 11 is 5.79. The highest BCUT2D eigenvalue weighted by Crippen LogP contribution is 2.23. The van der Waals surface area contributed by atoms with E-state index in [1.807, 2.05) is 6.92 Å². The minimum Gasteiger partial charge on any atom is -0.490 e. The van der Waals surface area contributed by atoms with E-state index in [-0.39, 0.29) is 12.5 Å². The highest BCUT2D eigenvalue weighted by Gasteiger charge is 2.10. The van der Waals surface area contributed by atoms with E-state index in [4.69, 9.17) is 21.4 Å². The van der Waals surface area contributed by atoms with Gasteiger partial charge < -0.3 is 9.84 Å². The molecule has 0 heterocycles. The summed E-state index contributed by atoms with van der Waals surface area (Å²) in [6.07, 6.45) is -0.357. The molecule has 1 N–H and O–H groups in total. The molecule has 0 bridgehead atoms. The lowest BCUT2D eigenvalue weighted by atomic mass is 10.2. The van der Waals surface area contributed by atoms with Crippen LogP contribution >= 0.6 is 11.6 Å². The van der Waals surface area contributed by atoms with Crippen LogP contribution in [0.3, 0.4) is 0 Å². The second-order valence-corrected chi connectivity index (χ2v) is 3.87. The van der Waals surface area contributed by atoms with Gasteiger partial charge >= 0.3 is 5.97 Å². The van der Waals surface area contributed by atoms with Crippen LogP contribution in [-0.4, -0.2) is 17.2 Å². The summed E-state index contributed by atoms with van der Waals surface area (Å²) in [5.74, 6) is -0.192. The Bertz CT molecular complexity index is 363. The van der Waals surface area contributed by atoms with Gasteiger partial charge in [0, 0.05) is 5.02 Å². The van der Waals surface area contributed by atoms with Crippen LogP contribution in [0.1, 0.15) is 18.9 Å². The number of aliphatic carboxylic acids is 1. The third-order valence-corrected chi connectivity index (χ3v) is 2.16. The number of carboxylic acids is 1. The molecule has 0 aliphatic rings. The summed E-state index contributed by atoms with van der Waals surface area (Å²) in [5, 5.41) is 9.22. The van der Waals surface area contributed by atoms with Crippen LogP contribution in [-0.2, 0) is 4.79 Å². The Labute approximate surface area is 93.6 Å². The molecule has 15 heavy (non-hydrogen) atoms. The van der Waals surface area contributed by atoms with Crippen molar-refractivity contribution in [2.75, 3.05) is 0 Å². The standard InChI is InChI=1S/C11H13ClO3/c1-7-5-9(12)3-4-10(7)15-8(2)6-11(13)14/h3-5,8H,6H2,1-2H3,(H,13,14)/t8-/m0/s1. The molecule has 4 heteroatoms. The quantitative estimate of drug-likeness (QED) is 0.862. The molecule has 1 atom stereocenters. The molecule has 0 unspecified atom stereocenters. The molecule has 1 rings (SSSR count). The number of rotatable bonds is 4. The zero-order chi connectivity index (χ0) is 11.4. The first kappa shape index (κ1) is 11.9. The Morgan fingerprint density at radius 1 is 1.60 bits per heavy atom. The van der Waals surface area contributed by atoms with E-state index in [0.717, 1.165) is 5.56 Å². The van der Waals surface area contributed by atoms with Gasteiger partial charge in [-0.05, 0) is 37.6 Å². The highest BCUT2D eigenvalue weighted by molar-refractivity contribution is 6.30. The van der Waals surface area contributed by atoms with E-state index in [9.17, 15) is 4.79 Å². The normalized spacial score (nSPS) is 12.2. The van der Waals surface area contributed by atoms with Crippen molar-refractivity contribution in [3.63, 3.8) is 0 Å². The average Bonchev–Trinajstić information content (AvgIpc) is 2.08. The van der Waals surface area contributed by atoms with Crippen molar-refractivity contribution >= 4 is 17.6 Å². The first-order chi connectivity index (χ1) is 6.99. The van der Waals surface area contributed by atoms with Crippen molar-refractivity contribution in [3.05, 3.63) is 28.8 Å². The molecule has 0 saturated carbocycles. The van der Waals surface area contributed by atoms with E-state index in [1.165, 1.54) is 0 Å². The molecule has 1 aromatic rings. The van der Waals surface area contributed by atoms with Crippen LogP contribution in [0.2, 0.25) is 5.02 Å². The van der Waals surface area contributed by atoms with Crippen LogP contribution in [0, 0.1) is 6.92 Å². The smallest absolute Gasteiger partial charge is 0.307 e. The van der Waals surface area contributed by atoms with Crippen molar-refractivity contribution in [1.29, 1.82) is 0 Å². The lowest BCUT2D eigenvalue weighted by molar-refractivity contribution is -0.138. The van der Waals surface area contributed by atoms with Crippen molar-refractivity contribution < 1.29 is 14.6 Å². The van der Waals surface area contributed by atoms with Crippen molar-refractivity contribution in [2.45, 2.75) is 26.4 Å². The van der Waals surface area contributed by atoms with Crippen LogP contribution in [0.5, 0.6) is 5.75 Å². The predicted molar refractivity (Wildman–Crippen MR) is 58.5 cm³/mol.